The van der Waals surface area contributed by atoms with Crippen molar-refractivity contribution >= 4 is 11.5 Å². The second-order valence-corrected chi connectivity index (χ2v) is 8.19. The molecule has 0 saturated carbocycles. The van der Waals surface area contributed by atoms with Gasteiger partial charge in [0.2, 0.25) is 0 Å². The molecule has 167 valence electrons. The van der Waals surface area contributed by atoms with Crippen LogP contribution >= 0.6 is 0 Å². The molecule has 6 heteroatoms. The molecule has 2 heterocycles. The molecule has 1 aliphatic heterocycles. The summed E-state index contributed by atoms with van der Waals surface area (Å²) in [5, 5.41) is 8.70. The first kappa shape index (κ1) is 28.1. The number of fused-ring (bicyclic) bond motifs is 3. The maximum atomic E-state index is 12.9. The SMILES string of the molecule is CC.Cc1nnc2n1-c1ccccc1C(c1ccccc1)=N[C@H]2CC(=O)C(C)(C)C.[CH3-].[Y]. The average Bonchev–Trinajstić information content (AvgIpc) is 3.07. The van der Waals surface area contributed by atoms with E-state index in [4.69, 9.17) is 4.99 Å². The van der Waals surface area contributed by atoms with E-state index in [0.29, 0.717) is 12.2 Å². The largest absolute Gasteiger partial charge is 0.358 e. The second-order valence-electron chi connectivity index (χ2n) is 8.19. The zero-order chi connectivity index (χ0) is 21.9. The Bertz CT molecular complexity index is 1060. The summed E-state index contributed by atoms with van der Waals surface area (Å²) in [6.45, 7) is 11.8. The van der Waals surface area contributed by atoms with Gasteiger partial charge in [-0.25, -0.2) is 0 Å². The molecule has 0 saturated heterocycles. The summed E-state index contributed by atoms with van der Waals surface area (Å²) in [6.07, 6.45) is 0.298. The number of rotatable bonds is 3. The average molecular weight is 506 g/mol. The fourth-order valence-electron chi connectivity index (χ4n) is 3.49. The quantitative estimate of drug-likeness (QED) is 0.413. The van der Waals surface area contributed by atoms with E-state index in [1.165, 1.54) is 0 Å². The monoisotopic (exact) mass is 506 g/mol. The number of aromatic nitrogens is 3. The Morgan fingerprint density at radius 2 is 1.56 bits per heavy atom. The normalized spacial score (nSPS) is 14.2. The van der Waals surface area contributed by atoms with Gasteiger partial charge in [0.15, 0.2) is 5.82 Å². The number of Topliss-reactive ketones (excluding diaryl/α,β-unsaturated/α-hetero) is 1. The van der Waals surface area contributed by atoms with Gasteiger partial charge in [-0.3, -0.25) is 14.4 Å². The number of hydrogen-bond acceptors (Lipinski definition) is 4. The molecule has 1 aromatic heterocycles. The van der Waals surface area contributed by atoms with Gasteiger partial charge in [-0.05, 0) is 13.0 Å². The smallest absolute Gasteiger partial charge is 0.162 e. The standard InChI is InChI=1S/C23H24N4O.C2H6.CH3.Y/c1-15-25-26-22-18(14-20(28)23(2,3)4)24-21(16-10-6-5-7-11-16)17-12-8-9-13-19(17)27(15)22;1-2;;/h5-13,18H,14H2,1-4H3;1-2H3;1H3;/q;;-1;/t18-;;;/m0.../s1. The molecule has 4 rings (SSSR count). The minimum absolute atomic E-state index is 0. The van der Waals surface area contributed by atoms with Crippen LogP contribution in [0.4, 0.5) is 0 Å². The number of carbonyl (C=O) groups is 1. The second kappa shape index (κ2) is 11.8. The maximum Gasteiger partial charge on any atom is 0.162 e. The minimum atomic E-state index is -0.429. The number of hydrogen-bond donors (Lipinski definition) is 0. The molecule has 1 atom stereocenters. The summed E-state index contributed by atoms with van der Waals surface area (Å²) in [5.74, 6) is 1.67. The summed E-state index contributed by atoms with van der Waals surface area (Å²) in [4.78, 5) is 17.9. The van der Waals surface area contributed by atoms with Crippen molar-refractivity contribution in [3.63, 3.8) is 0 Å². The molecule has 0 amide bonds. The topological polar surface area (TPSA) is 60.1 Å². The van der Waals surface area contributed by atoms with Crippen molar-refractivity contribution in [3.8, 4) is 5.69 Å². The van der Waals surface area contributed by atoms with Gasteiger partial charge in [-0.1, -0.05) is 83.1 Å². The number of carbonyl (C=O) groups excluding carboxylic acids is 1. The van der Waals surface area contributed by atoms with E-state index in [-0.39, 0.29) is 52.0 Å². The van der Waals surface area contributed by atoms with Crippen molar-refractivity contribution < 1.29 is 37.5 Å². The zero-order valence-corrected chi connectivity index (χ0v) is 23.1. The molecular formula is C26H33N4OY-. The predicted octanol–water partition coefficient (Wildman–Crippen LogP) is 5.95. The molecule has 3 aromatic rings. The molecule has 0 fully saturated rings. The third-order valence-electron chi connectivity index (χ3n) is 5.10. The van der Waals surface area contributed by atoms with E-state index < -0.39 is 5.41 Å². The van der Waals surface area contributed by atoms with Crippen LogP contribution in [-0.4, -0.2) is 26.3 Å². The first-order valence-corrected chi connectivity index (χ1v) is 10.5. The Balaban J connectivity index is 0.00000125. The van der Waals surface area contributed by atoms with Crippen molar-refractivity contribution in [2.45, 2.75) is 54.0 Å². The zero-order valence-electron chi connectivity index (χ0n) is 20.3. The molecule has 1 aliphatic rings. The van der Waals surface area contributed by atoms with Gasteiger partial charge in [0.25, 0.3) is 0 Å². The summed E-state index contributed by atoms with van der Waals surface area (Å²) < 4.78 is 2.04. The third-order valence-corrected chi connectivity index (χ3v) is 5.10. The van der Waals surface area contributed by atoms with Gasteiger partial charge in [0, 0.05) is 55.7 Å². The van der Waals surface area contributed by atoms with Crippen molar-refractivity contribution in [1.82, 2.24) is 14.8 Å². The van der Waals surface area contributed by atoms with Crippen molar-refractivity contribution in [2.75, 3.05) is 0 Å². The van der Waals surface area contributed by atoms with E-state index in [0.717, 1.165) is 28.4 Å². The van der Waals surface area contributed by atoms with Crippen LogP contribution in [0.5, 0.6) is 0 Å². The van der Waals surface area contributed by atoms with E-state index >= 15 is 0 Å². The van der Waals surface area contributed by atoms with Crippen LogP contribution in [0.1, 0.15) is 69.9 Å². The van der Waals surface area contributed by atoms with Gasteiger partial charge in [0.1, 0.15) is 17.6 Å². The summed E-state index contributed by atoms with van der Waals surface area (Å²) in [5.41, 5.74) is 3.49. The molecule has 5 nitrogen and oxygen atoms in total. The minimum Gasteiger partial charge on any atom is -0.358 e. The number of aryl methyl sites for hydroxylation is 1. The van der Waals surface area contributed by atoms with Crippen LogP contribution < -0.4 is 0 Å². The summed E-state index contributed by atoms with van der Waals surface area (Å²) in [7, 11) is 0. The van der Waals surface area contributed by atoms with E-state index in [1.54, 1.807) is 0 Å². The Morgan fingerprint density at radius 3 is 2.19 bits per heavy atom. The van der Waals surface area contributed by atoms with Crippen molar-refractivity contribution in [1.29, 1.82) is 0 Å². The summed E-state index contributed by atoms with van der Waals surface area (Å²) in [6, 6.07) is 17.9. The molecular weight excluding hydrogens is 473 g/mol. The first-order chi connectivity index (χ1) is 14.4. The molecule has 2 aromatic carbocycles. The van der Waals surface area contributed by atoms with Gasteiger partial charge >= 0.3 is 0 Å². The van der Waals surface area contributed by atoms with E-state index in [9.17, 15) is 4.79 Å². The Morgan fingerprint density at radius 1 is 0.969 bits per heavy atom. The molecule has 0 N–H and O–H groups in total. The van der Waals surface area contributed by atoms with Crippen LogP contribution in [0.25, 0.3) is 5.69 Å². The maximum absolute atomic E-state index is 12.9. The molecule has 0 spiro atoms. The van der Waals surface area contributed by atoms with Crippen LogP contribution in [-0.2, 0) is 37.5 Å². The van der Waals surface area contributed by atoms with Gasteiger partial charge in [-0.15, -0.1) is 10.2 Å². The first-order valence-electron chi connectivity index (χ1n) is 10.5. The van der Waals surface area contributed by atoms with Crippen molar-refractivity contribution in [2.24, 2.45) is 10.4 Å². The van der Waals surface area contributed by atoms with Crippen LogP contribution in [0.3, 0.4) is 0 Å². The number of benzene rings is 2. The van der Waals surface area contributed by atoms with E-state index in [1.807, 2.05) is 76.4 Å². The molecule has 0 unspecified atom stereocenters. The molecule has 0 bridgehead atoms. The van der Waals surface area contributed by atoms with Gasteiger partial charge in [-0.2, -0.15) is 0 Å². The molecule has 0 aliphatic carbocycles. The fourth-order valence-corrected chi connectivity index (χ4v) is 3.49. The summed E-state index contributed by atoms with van der Waals surface area (Å²) >= 11 is 0. The van der Waals surface area contributed by atoms with Gasteiger partial charge < -0.3 is 7.43 Å². The van der Waals surface area contributed by atoms with Crippen LogP contribution in [0.15, 0.2) is 59.6 Å². The predicted molar refractivity (Wildman–Crippen MR) is 128 cm³/mol. The van der Waals surface area contributed by atoms with Crippen LogP contribution in [0.2, 0.25) is 0 Å². The van der Waals surface area contributed by atoms with Crippen molar-refractivity contribution in [3.05, 3.63) is 84.8 Å². The third kappa shape index (κ3) is 5.68. The fraction of sp³-hybridized carbons (Fsp3) is 0.346. The Hall–Kier alpha value is -1.98. The molecule has 1 radical (unpaired) electrons. The van der Waals surface area contributed by atoms with E-state index in [2.05, 4.69) is 34.5 Å². The Kier molecular flexibility index (Phi) is 10.3. The Labute approximate surface area is 217 Å². The molecule has 32 heavy (non-hydrogen) atoms. The van der Waals surface area contributed by atoms with Gasteiger partial charge in [0.05, 0.1) is 11.4 Å². The number of nitrogens with zero attached hydrogens (tertiary/aromatic N) is 4. The number of aliphatic imine (C=N–C) groups is 1. The number of para-hydroxylation sites is 1. The van der Waals surface area contributed by atoms with Crippen LogP contribution in [0, 0.1) is 19.8 Å². The number of ketones is 1.